The van der Waals surface area contributed by atoms with E-state index in [1.807, 2.05) is 19.0 Å². The highest BCUT2D eigenvalue weighted by molar-refractivity contribution is 5.68. The first-order chi connectivity index (χ1) is 9.26. The summed E-state index contributed by atoms with van der Waals surface area (Å²) in [5, 5.41) is 33.0. The van der Waals surface area contributed by atoms with Crippen LogP contribution in [0, 0.1) is 21.4 Å². The lowest BCUT2D eigenvalue weighted by Gasteiger charge is -2.27. The molecular formula is C13H18N4O3. The van der Waals surface area contributed by atoms with Gasteiger partial charge in [0.2, 0.25) is 0 Å². The zero-order chi connectivity index (χ0) is 15.3. The summed E-state index contributed by atoms with van der Waals surface area (Å²) in [7, 11) is 3.65. The van der Waals surface area contributed by atoms with Crippen molar-refractivity contribution in [2.75, 3.05) is 32.5 Å². The number of likely N-dealkylation sites (N-methyl/N-ethyl adjacent to an activating group) is 1. The normalized spacial score (nSPS) is 13.6. The van der Waals surface area contributed by atoms with Crippen molar-refractivity contribution in [1.82, 2.24) is 4.90 Å². The SMILES string of the molecule is CN(C)CC(C)(O)CNc1cccc(C#N)c1[N+](=O)[O-]. The molecule has 0 aliphatic carbocycles. The number of nitro benzene ring substituents is 1. The Morgan fingerprint density at radius 1 is 1.55 bits per heavy atom. The van der Waals surface area contributed by atoms with Crippen LogP contribution >= 0.6 is 0 Å². The lowest BCUT2D eigenvalue weighted by molar-refractivity contribution is -0.384. The molecule has 0 aliphatic heterocycles. The molecule has 2 N–H and O–H groups in total. The van der Waals surface area contributed by atoms with Crippen molar-refractivity contribution in [3.05, 3.63) is 33.9 Å². The predicted octanol–water partition coefficient (Wildman–Crippen LogP) is 1.19. The van der Waals surface area contributed by atoms with Crippen LogP contribution in [0.25, 0.3) is 0 Å². The van der Waals surface area contributed by atoms with E-state index in [2.05, 4.69) is 5.32 Å². The molecule has 1 atom stereocenters. The van der Waals surface area contributed by atoms with Gasteiger partial charge in [0.1, 0.15) is 17.3 Å². The average molecular weight is 278 g/mol. The molecule has 0 aromatic heterocycles. The first kappa shape index (κ1) is 15.9. The molecule has 0 fully saturated rings. The molecule has 0 bridgehead atoms. The van der Waals surface area contributed by atoms with Gasteiger partial charge < -0.3 is 15.3 Å². The molecule has 108 valence electrons. The Labute approximate surface area is 117 Å². The monoisotopic (exact) mass is 278 g/mol. The zero-order valence-electron chi connectivity index (χ0n) is 11.8. The Morgan fingerprint density at radius 2 is 2.20 bits per heavy atom. The molecule has 0 spiro atoms. The smallest absolute Gasteiger partial charge is 0.309 e. The van der Waals surface area contributed by atoms with Crippen molar-refractivity contribution < 1.29 is 10.0 Å². The van der Waals surface area contributed by atoms with E-state index in [9.17, 15) is 15.2 Å². The van der Waals surface area contributed by atoms with Gasteiger partial charge in [0.25, 0.3) is 0 Å². The van der Waals surface area contributed by atoms with E-state index in [1.165, 1.54) is 12.1 Å². The fourth-order valence-corrected chi connectivity index (χ4v) is 2.00. The molecule has 7 heteroatoms. The molecule has 7 nitrogen and oxygen atoms in total. The minimum Gasteiger partial charge on any atom is -0.387 e. The predicted molar refractivity (Wildman–Crippen MR) is 75.5 cm³/mol. The lowest BCUT2D eigenvalue weighted by atomic mass is 10.1. The van der Waals surface area contributed by atoms with Gasteiger partial charge in [-0.1, -0.05) is 6.07 Å². The number of para-hydroxylation sites is 1. The minimum absolute atomic E-state index is 0.00717. The topological polar surface area (TPSA) is 102 Å². The number of aliphatic hydroxyl groups is 1. The molecule has 1 unspecified atom stereocenters. The first-order valence-corrected chi connectivity index (χ1v) is 6.05. The molecule has 1 rings (SSSR count). The number of benzene rings is 1. The fraction of sp³-hybridized carbons (Fsp3) is 0.462. The molecule has 0 amide bonds. The maximum absolute atomic E-state index is 11.0. The van der Waals surface area contributed by atoms with Gasteiger partial charge in [0.15, 0.2) is 0 Å². The van der Waals surface area contributed by atoms with Gasteiger partial charge in [0.05, 0.1) is 10.5 Å². The van der Waals surface area contributed by atoms with Crippen molar-refractivity contribution >= 4 is 11.4 Å². The second-order valence-electron chi connectivity index (χ2n) is 5.16. The van der Waals surface area contributed by atoms with E-state index < -0.39 is 10.5 Å². The van der Waals surface area contributed by atoms with Crippen LogP contribution < -0.4 is 5.32 Å². The Balaban J connectivity index is 2.94. The maximum atomic E-state index is 11.0. The molecule has 0 radical (unpaired) electrons. The Kier molecular flexibility index (Phi) is 5.02. The number of nitrogens with one attached hydrogen (secondary N) is 1. The van der Waals surface area contributed by atoms with Crippen LogP contribution in [-0.4, -0.2) is 47.7 Å². The number of anilines is 1. The van der Waals surface area contributed by atoms with Crippen molar-refractivity contribution in [2.24, 2.45) is 0 Å². The summed E-state index contributed by atoms with van der Waals surface area (Å²) in [4.78, 5) is 12.3. The van der Waals surface area contributed by atoms with E-state index >= 15 is 0 Å². The Bertz CT molecular complexity index is 535. The Morgan fingerprint density at radius 3 is 2.70 bits per heavy atom. The first-order valence-electron chi connectivity index (χ1n) is 6.05. The van der Waals surface area contributed by atoms with Crippen LogP contribution in [0.2, 0.25) is 0 Å². The van der Waals surface area contributed by atoms with E-state index in [-0.39, 0.29) is 23.5 Å². The number of nitrogens with zero attached hydrogens (tertiary/aromatic N) is 3. The molecule has 20 heavy (non-hydrogen) atoms. The van der Waals surface area contributed by atoms with Crippen molar-refractivity contribution in [3.8, 4) is 6.07 Å². The summed E-state index contributed by atoms with van der Waals surface area (Å²) in [6, 6.07) is 6.27. The van der Waals surface area contributed by atoms with Crippen molar-refractivity contribution in [2.45, 2.75) is 12.5 Å². The summed E-state index contributed by atoms with van der Waals surface area (Å²) in [6.45, 7) is 2.19. The highest BCUT2D eigenvalue weighted by Gasteiger charge is 2.24. The third kappa shape index (κ3) is 4.19. The molecule has 0 heterocycles. The summed E-state index contributed by atoms with van der Waals surface area (Å²) >= 11 is 0. The summed E-state index contributed by atoms with van der Waals surface area (Å²) in [5.41, 5.74) is -1.09. The van der Waals surface area contributed by atoms with Gasteiger partial charge in [-0.15, -0.1) is 0 Å². The largest absolute Gasteiger partial charge is 0.387 e. The lowest BCUT2D eigenvalue weighted by Crippen LogP contribution is -2.43. The average Bonchev–Trinajstić information content (AvgIpc) is 2.34. The molecule has 0 saturated heterocycles. The number of hydrogen-bond donors (Lipinski definition) is 2. The molecule has 1 aromatic rings. The highest BCUT2D eigenvalue weighted by Crippen LogP contribution is 2.28. The quantitative estimate of drug-likeness (QED) is 0.598. The summed E-state index contributed by atoms with van der Waals surface area (Å²) in [5.74, 6) is 0. The second-order valence-corrected chi connectivity index (χ2v) is 5.16. The molecule has 0 saturated carbocycles. The van der Waals surface area contributed by atoms with Crippen LogP contribution in [0.15, 0.2) is 18.2 Å². The molecule has 1 aromatic carbocycles. The maximum Gasteiger partial charge on any atom is 0.309 e. The van der Waals surface area contributed by atoms with Gasteiger partial charge in [-0.05, 0) is 33.2 Å². The number of nitriles is 1. The van der Waals surface area contributed by atoms with Crippen LogP contribution in [-0.2, 0) is 0 Å². The van der Waals surface area contributed by atoms with E-state index in [0.29, 0.717) is 6.54 Å². The van der Waals surface area contributed by atoms with Crippen molar-refractivity contribution in [3.63, 3.8) is 0 Å². The summed E-state index contributed by atoms with van der Waals surface area (Å²) < 4.78 is 0. The van der Waals surface area contributed by atoms with Crippen molar-refractivity contribution in [1.29, 1.82) is 5.26 Å². The summed E-state index contributed by atoms with van der Waals surface area (Å²) in [6.07, 6.45) is 0. The zero-order valence-corrected chi connectivity index (χ0v) is 11.8. The number of rotatable bonds is 6. The highest BCUT2D eigenvalue weighted by atomic mass is 16.6. The van der Waals surface area contributed by atoms with E-state index in [1.54, 1.807) is 19.1 Å². The molecular weight excluding hydrogens is 260 g/mol. The van der Waals surface area contributed by atoms with Gasteiger partial charge in [-0.25, -0.2) is 0 Å². The van der Waals surface area contributed by atoms with Crippen LogP contribution in [0.3, 0.4) is 0 Å². The van der Waals surface area contributed by atoms with Gasteiger partial charge >= 0.3 is 5.69 Å². The molecule has 0 aliphatic rings. The third-order valence-corrected chi connectivity index (χ3v) is 2.66. The van der Waals surface area contributed by atoms with Crippen LogP contribution in [0.1, 0.15) is 12.5 Å². The minimum atomic E-state index is -1.04. The van der Waals surface area contributed by atoms with E-state index in [0.717, 1.165) is 0 Å². The number of hydrogen-bond acceptors (Lipinski definition) is 6. The van der Waals surface area contributed by atoms with Gasteiger partial charge in [-0.2, -0.15) is 5.26 Å². The standard InChI is InChI=1S/C13H18N4O3/c1-13(18,9-16(2)3)8-15-11-6-4-5-10(7-14)12(11)17(19)20/h4-6,15,18H,8-9H2,1-3H3. The Hall–Kier alpha value is -2.17. The second kappa shape index (κ2) is 6.32. The fourth-order valence-electron chi connectivity index (χ4n) is 2.00. The third-order valence-electron chi connectivity index (χ3n) is 2.66. The van der Waals surface area contributed by atoms with Gasteiger partial charge in [-0.3, -0.25) is 10.1 Å². The van der Waals surface area contributed by atoms with Crippen LogP contribution in [0.4, 0.5) is 11.4 Å². The van der Waals surface area contributed by atoms with E-state index in [4.69, 9.17) is 5.26 Å². The van der Waals surface area contributed by atoms with Crippen LogP contribution in [0.5, 0.6) is 0 Å². The van der Waals surface area contributed by atoms with Gasteiger partial charge in [0, 0.05) is 13.1 Å². The number of nitro groups is 1.